The van der Waals surface area contributed by atoms with Crippen molar-refractivity contribution >= 4 is 28.9 Å². The van der Waals surface area contributed by atoms with Crippen molar-refractivity contribution in [3.63, 3.8) is 0 Å². The number of rotatable bonds is 6. The fourth-order valence-corrected chi connectivity index (χ4v) is 2.80. The number of nitrogens with zero attached hydrogens (tertiary/aromatic N) is 1. The SMILES string of the molecule is COCC(=O)N[C@@H](Cc1cn(C(=O)OC(C)(C)C)c2ccccc12)C(=O)OC. The third-order valence-electron chi connectivity index (χ3n) is 3.91. The van der Waals surface area contributed by atoms with Crippen LogP contribution in [-0.2, 0) is 30.2 Å². The highest BCUT2D eigenvalue weighted by Crippen LogP contribution is 2.24. The van der Waals surface area contributed by atoms with Crippen LogP contribution < -0.4 is 5.32 Å². The van der Waals surface area contributed by atoms with Gasteiger partial charge in [0.15, 0.2) is 0 Å². The molecule has 0 radical (unpaired) electrons. The van der Waals surface area contributed by atoms with Crippen LogP contribution in [-0.4, -0.2) is 55.0 Å². The first kappa shape index (κ1) is 21.4. The lowest BCUT2D eigenvalue weighted by Gasteiger charge is -2.19. The van der Waals surface area contributed by atoms with E-state index in [9.17, 15) is 14.4 Å². The summed E-state index contributed by atoms with van der Waals surface area (Å²) in [6.45, 7) is 5.19. The Bertz CT molecular complexity index is 865. The largest absolute Gasteiger partial charge is 0.467 e. The van der Waals surface area contributed by atoms with Gasteiger partial charge < -0.3 is 19.5 Å². The second kappa shape index (κ2) is 8.88. The Hall–Kier alpha value is -2.87. The Morgan fingerprint density at radius 3 is 2.43 bits per heavy atom. The molecule has 0 spiro atoms. The first-order valence-corrected chi connectivity index (χ1v) is 8.84. The number of carbonyl (C=O) groups is 3. The van der Waals surface area contributed by atoms with Crippen molar-refractivity contribution in [1.29, 1.82) is 0 Å². The van der Waals surface area contributed by atoms with Gasteiger partial charge in [-0.1, -0.05) is 18.2 Å². The molecule has 1 heterocycles. The topological polar surface area (TPSA) is 95.9 Å². The monoisotopic (exact) mass is 390 g/mol. The lowest BCUT2D eigenvalue weighted by Crippen LogP contribution is -2.44. The summed E-state index contributed by atoms with van der Waals surface area (Å²) in [5.41, 5.74) is 0.707. The first-order chi connectivity index (χ1) is 13.2. The number of fused-ring (bicyclic) bond motifs is 1. The molecule has 0 saturated heterocycles. The summed E-state index contributed by atoms with van der Waals surface area (Å²) < 4.78 is 16.5. The molecule has 1 amide bonds. The van der Waals surface area contributed by atoms with Gasteiger partial charge in [0.05, 0.1) is 12.6 Å². The van der Waals surface area contributed by atoms with Gasteiger partial charge in [0.25, 0.3) is 0 Å². The Kier molecular flexibility index (Phi) is 6.80. The zero-order valence-corrected chi connectivity index (χ0v) is 16.8. The van der Waals surface area contributed by atoms with Crippen LogP contribution in [0.4, 0.5) is 4.79 Å². The van der Waals surface area contributed by atoms with Gasteiger partial charge in [0.1, 0.15) is 18.2 Å². The minimum atomic E-state index is -0.912. The maximum Gasteiger partial charge on any atom is 0.419 e. The van der Waals surface area contributed by atoms with Crippen LogP contribution in [0.3, 0.4) is 0 Å². The van der Waals surface area contributed by atoms with Gasteiger partial charge in [-0.3, -0.25) is 9.36 Å². The Balaban J connectivity index is 2.38. The van der Waals surface area contributed by atoms with Gasteiger partial charge >= 0.3 is 12.1 Å². The Morgan fingerprint density at radius 1 is 1.14 bits per heavy atom. The van der Waals surface area contributed by atoms with Gasteiger partial charge in [-0.15, -0.1) is 0 Å². The van der Waals surface area contributed by atoms with Crippen molar-refractivity contribution in [3.05, 3.63) is 36.0 Å². The van der Waals surface area contributed by atoms with Crippen LogP contribution in [0.25, 0.3) is 10.9 Å². The van der Waals surface area contributed by atoms with Gasteiger partial charge in [-0.05, 0) is 32.4 Å². The lowest BCUT2D eigenvalue weighted by atomic mass is 10.0. The van der Waals surface area contributed by atoms with Gasteiger partial charge in [-0.2, -0.15) is 0 Å². The number of carbonyl (C=O) groups excluding carboxylic acids is 3. The number of benzene rings is 1. The Morgan fingerprint density at radius 2 is 1.82 bits per heavy atom. The fraction of sp³-hybridized carbons (Fsp3) is 0.450. The van der Waals surface area contributed by atoms with E-state index in [1.165, 1.54) is 18.8 Å². The average molecular weight is 390 g/mol. The molecular formula is C20H26N2O6. The van der Waals surface area contributed by atoms with Crippen LogP contribution in [0.1, 0.15) is 26.3 Å². The third kappa shape index (κ3) is 5.32. The number of para-hydroxylation sites is 1. The number of ether oxygens (including phenoxy) is 3. The molecule has 0 bridgehead atoms. The molecule has 1 atom stereocenters. The van der Waals surface area contributed by atoms with Crippen molar-refractivity contribution in [2.75, 3.05) is 20.8 Å². The molecule has 2 aromatic rings. The lowest BCUT2D eigenvalue weighted by molar-refractivity contribution is -0.145. The molecule has 8 nitrogen and oxygen atoms in total. The number of hydrogen-bond donors (Lipinski definition) is 1. The quantitative estimate of drug-likeness (QED) is 0.760. The molecule has 0 aliphatic heterocycles. The third-order valence-corrected chi connectivity index (χ3v) is 3.91. The average Bonchev–Trinajstić information content (AvgIpc) is 2.98. The fourth-order valence-electron chi connectivity index (χ4n) is 2.80. The molecule has 28 heavy (non-hydrogen) atoms. The molecule has 152 valence electrons. The second-order valence-corrected chi connectivity index (χ2v) is 7.30. The smallest absolute Gasteiger partial charge is 0.419 e. The molecule has 1 aromatic heterocycles. The van der Waals surface area contributed by atoms with Crippen molar-refractivity contribution < 1.29 is 28.6 Å². The van der Waals surface area contributed by atoms with E-state index in [0.29, 0.717) is 11.1 Å². The van der Waals surface area contributed by atoms with Crippen LogP contribution in [0.5, 0.6) is 0 Å². The molecule has 1 N–H and O–H groups in total. The summed E-state index contributed by atoms with van der Waals surface area (Å²) in [4.78, 5) is 36.6. The summed E-state index contributed by atoms with van der Waals surface area (Å²) >= 11 is 0. The summed E-state index contributed by atoms with van der Waals surface area (Å²) in [6, 6.07) is 6.37. The standard InChI is InChI=1S/C20H26N2O6/c1-20(2,3)28-19(25)22-11-13(14-8-6-7-9-16(14)22)10-15(18(24)27-5)21-17(23)12-26-4/h6-9,11,15H,10,12H2,1-5H3,(H,21,23)/t15-/m0/s1. The highest BCUT2D eigenvalue weighted by Gasteiger charge is 2.26. The Labute approximate surface area is 163 Å². The van der Waals surface area contributed by atoms with Crippen molar-refractivity contribution in [1.82, 2.24) is 9.88 Å². The maximum absolute atomic E-state index is 12.6. The van der Waals surface area contributed by atoms with Crippen LogP contribution in [0.2, 0.25) is 0 Å². The van der Waals surface area contributed by atoms with E-state index in [1.54, 1.807) is 33.0 Å². The van der Waals surface area contributed by atoms with Crippen molar-refractivity contribution in [2.24, 2.45) is 0 Å². The van der Waals surface area contributed by atoms with E-state index in [1.807, 2.05) is 18.2 Å². The van der Waals surface area contributed by atoms with E-state index in [4.69, 9.17) is 14.2 Å². The van der Waals surface area contributed by atoms with Crippen LogP contribution in [0, 0.1) is 0 Å². The van der Waals surface area contributed by atoms with Crippen molar-refractivity contribution in [3.8, 4) is 0 Å². The minimum Gasteiger partial charge on any atom is -0.467 e. The zero-order chi connectivity index (χ0) is 20.9. The number of aromatic nitrogens is 1. The predicted octanol–water partition coefficient (Wildman–Crippen LogP) is 2.27. The molecule has 0 aliphatic rings. The zero-order valence-electron chi connectivity index (χ0n) is 16.8. The van der Waals surface area contributed by atoms with Gasteiger partial charge in [0, 0.05) is 25.1 Å². The number of amides is 1. The summed E-state index contributed by atoms with van der Waals surface area (Å²) in [6.07, 6.45) is 1.25. The summed E-state index contributed by atoms with van der Waals surface area (Å²) in [5.74, 6) is -1.02. The van der Waals surface area contributed by atoms with E-state index in [0.717, 1.165) is 5.39 Å². The molecular weight excluding hydrogens is 364 g/mol. The first-order valence-electron chi connectivity index (χ1n) is 8.84. The van der Waals surface area contributed by atoms with Crippen molar-refractivity contribution in [2.45, 2.75) is 38.8 Å². The van der Waals surface area contributed by atoms with Gasteiger partial charge in [0.2, 0.25) is 5.91 Å². The molecule has 0 unspecified atom stereocenters. The van der Waals surface area contributed by atoms with Crippen LogP contribution >= 0.6 is 0 Å². The van der Waals surface area contributed by atoms with E-state index in [2.05, 4.69) is 5.32 Å². The number of esters is 1. The molecule has 2 rings (SSSR count). The summed E-state index contributed by atoms with van der Waals surface area (Å²) in [5, 5.41) is 3.38. The van der Waals surface area contributed by atoms with Crippen LogP contribution in [0.15, 0.2) is 30.5 Å². The predicted molar refractivity (Wildman–Crippen MR) is 103 cm³/mol. The van der Waals surface area contributed by atoms with Gasteiger partial charge in [-0.25, -0.2) is 9.59 Å². The van der Waals surface area contributed by atoms with E-state index >= 15 is 0 Å². The number of nitrogens with one attached hydrogen (secondary N) is 1. The number of methoxy groups -OCH3 is 2. The molecule has 0 saturated carbocycles. The van der Waals surface area contributed by atoms with E-state index in [-0.39, 0.29) is 13.0 Å². The molecule has 1 aromatic carbocycles. The molecule has 8 heteroatoms. The molecule has 0 aliphatic carbocycles. The van der Waals surface area contributed by atoms with E-state index < -0.39 is 29.6 Å². The maximum atomic E-state index is 12.6. The number of hydrogen-bond acceptors (Lipinski definition) is 6. The summed E-state index contributed by atoms with van der Waals surface area (Å²) in [7, 11) is 2.64. The minimum absolute atomic E-state index is 0.151. The molecule has 0 fully saturated rings. The highest BCUT2D eigenvalue weighted by atomic mass is 16.6. The second-order valence-electron chi connectivity index (χ2n) is 7.30. The highest BCUT2D eigenvalue weighted by molar-refractivity contribution is 5.93. The normalized spacial score (nSPS) is 12.5.